The van der Waals surface area contributed by atoms with Gasteiger partial charge in [0.15, 0.2) is 5.69 Å². The van der Waals surface area contributed by atoms with Crippen LogP contribution >= 0.6 is 0 Å². The molecule has 0 fully saturated rings. The Kier molecular flexibility index (Phi) is 4.62. The van der Waals surface area contributed by atoms with Crippen LogP contribution in [0.1, 0.15) is 54.0 Å². The molecule has 0 saturated carbocycles. The largest absolute Gasteiger partial charge is 0.395 e. The first-order valence-electron chi connectivity index (χ1n) is 7.22. The molecule has 1 aromatic carbocycles. The van der Waals surface area contributed by atoms with Gasteiger partial charge in [-0.25, -0.2) is 0 Å². The van der Waals surface area contributed by atoms with Gasteiger partial charge in [-0.3, -0.25) is 9.89 Å². The fourth-order valence-electron chi connectivity index (χ4n) is 2.12. The number of aryl methyl sites for hydroxylation is 1. The van der Waals surface area contributed by atoms with Gasteiger partial charge in [0.25, 0.3) is 5.91 Å². The molecule has 0 aliphatic carbocycles. The van der Waals surface area contributed by atoms with Crippen LogP contribution in [0.25, 0.3) is 0 Å². The van der Waals surface area contributed by atoms with E-state index in [1.165, 1.54) is 5.56 Å². The molecule has 0 saturated heterocycles. The lowest BCUT2D eigenvalue weighted by Gasteiger charge is -2.08. The van der Waals surface area contributed by atoms with Crippen molar-refractivity contribution >= 4 is 11.6 Å². The minimum absolute atomic E-state index is 0.253. The summed E-state index contributed by atoms with van der Waals surface area (Å²) in [6, 6.07) is 8.23. The molecule has 0 aliphatic heterocycles. The first-order chi connectivity index (χ1) is 10.0. The van der Waals surface area contributed by atoms with E-state index in [1.807, 2.05) is 19.1 Å². The number of anilines is 1. The number of aromatic amines is 1. The first kappa shape index (κ1) is 15.1. The molecular formula is C16H22N4O. The Bertz CT molecular complexity index is 614. The molecule has 0 bridgehead atoms. The average molecular weight is 286 g/mol. The summed E-state index contributed by atoms with van der Waals surface area (Å²) >= 11 is 0. The van der Waals surface area contributed by atoms with Gasteiger partial charge in [0.05, 0.1) is 11.4 Å². The molecule has 2 rings (SSSR count). The zero-order valence-corrected chi connectivity index (χ0v) is 12.7. The minimum atomic E-state index is -0.253. The van der Waals surface area contributed by atoms with E-state index < -0.39 is 0 Å². The Balaban J connectivity index is 1.99. The van der Waals surface area contributed by atoms with Gasteiger partial charge in [0.2, 0.25) is 0 Å². The number of benzene rings is 1. The molecule has 2 aromatic rings. The van der Waals surface area contributed by atoms with Gasteiger partial charge in [0.1, 0.15) is 0 Å². The summed E-state index contributed by atoms with van der Waals surface area (Å²) in [5.41, 5.74) is 9.72. The van der Waals surface area contributed by atoms with Crippen molar-refractivity contribution in [2.45, 2.75) is 39.7 Å². The van der Waals surface area contributed by atoms with E-state index in [2.05, 4.69) is 41.5 Å². The number of aromatic nitrogens is 2. The Morgan fingerprint density at radius 3 is 2.52 bits per heavy atom. The van der Waals surface area contributed by atoms with E-state index in [0.29, 0.717) is 18.2 Å². The second kappa shape index (κ2) is 6.43. The van der Waals surface area contributed by atoms with E-state index >= 15 is 0 Å². The molecule has 1 aromatic heterocycles. The van der Waals surface area contributed by atoms with Crippen LogP contribution in [0.4, 0.5) is 5.69 Å². The smallest absolute Gasteiger partial charge is 0.274 e. The highest BCUT2D eigenvalue weighted by Gasteiger charge is 2.15. The van der Waals surface area contributed by atoms with E-state index in [9.17, 15) is 4.79 Å². The third kappa shape index (κ3) is 3.42. The van der Waals surface area contributed by atoms with Gasteiger partial charge in [-0.1, -0.05) is 45.0 Å². The Labute approximate surface area is 124 Å². The van der Waals surface area contributed by atoms with Crippen LogP contribution in [0.2, 0.25) is 0 Å². The van der Waals surface area contributed by atoms with E-state index in [1.54, 1.807) is 0 Å². The van der Waals surface area contributed by atoms with Crippen molar-refractivity contribution in [2.24, 2.45) is 0 Å². The highest BCUT2D eigenvalue weighted by molar-refractivity contribution is 5.97. The van der Waals surface area contributed by atoms with Crippen LogP contribution < -0.4 is 11.1 Å². The summed E-state index contributed by atoms with van der Waals surface area (Å²) in [4.78, 5) is 12.1. The molecular weight excluding hydrogens is 264 g/mol. The zero-order valence-electron chi connectivity index (χ0n) is 12.7. The molecule has 21 heavy (non-hydrogen) atoms. The van der Waals surface area contributed by atoms with Crippen molar-refractivity contribution in [3.8, 4) is 0 Å². The zero-order chi connectivity index (χ0) is 15.4. The summed E-state index contributed by atoms with van der Waals surface area (Å²) in [6.45, 7) is 6.73. The quantitative estimate of drug-likeness (QED) is 0.790. The maximum Gasteiger partial charge on any atom is 0.274 e. The van der Waals surface area contributed by atoms with Crippen LogP contribution in [0.5, 0.6) is 0 Å². The van der Waals surface area contributed by atoms with E-state index in [-0.39, 0.29) is 11.6 Å². The number of nitrogen functional groups attached to an aromatic ring is 1. The van der Waals surface area contributed by atoms with Gasteiger partial charge < -0.3 is 11.1 Å². The number of nitrogens with two attached hydrogens (primary N) is 1. The number of carbonyl (C=O) groups is 1. The fourth-order valence-corrected chi connectivity index (χ4v) is 2.12. The van der Waals surface area contributed by atoms with Crippen molar-refractivity contribution in [2.75, 3.05) is 5.73 Å². The first-order valence-corrected chi connectivity index (χ1v) is 7.22. The third-order valence-corrected chi connectivity index (χ3v) is 3.55. The number of H-pyrrole nitrogens is 1. The summed E-state index contributed by atoms with van der Waals surface area (Å²) in [5, 5.41) is 9.60. The van der Waals surface area contributed by atoms with Crippen LogP contribution in [0.15, 0.2) is 24.3 Å². The Morgan fingerprint density at radius 1 is 1.33 bits per heavy atom. The van der Waals surface area contributed by atoms with Crippen LogP contribution in [0.3, 0.4) is 0 Å². The predicted molar refractivity (Wildman–Crippen MR) is 84.1 cm³/mol. The second-order valence-electron chi connectivity index (χ2n) is 5.40. The SMILES string of the molecule is CCc1[nH]nc(C(=O)NCc2ccc(C(C)C)cc2)c1N. The maximum atomic E-state index is 12.1. The number of amides is 1. The van der Waals surface area contributed by atoms with Gasteiger partial charge in [-0.15, -0.1) is 0 Å². The lowest BCUT2D eigenvalue weighted by molar-refractivity contribution is 0.0947. The van der Waals surface area contributed by atoms with Crippen LogP contribution in [-0.2, 0) is 13.0 Å². The third-order valence-electron chi connectivity index (χ3n) is 3.55. The molecule has 5 heteroatoms. The summed E-state index contributed by atoms with van der Waals surface area (Å²) in [7, 11) is 0. The average Bonchev–Trinajstić information content (AvgIpc) is 2.86. The highest BCUT2D eigenvalue weighted by Crippen LogP contribution is 2.16. The number of nitrogens with one attached hydrogen (secondary N) is 2. The molecule has 4 N–H and O–H groups in total. The second-order valence-corrected chi connectivity index (χ2v) is 5.40. The van der Waals surface area contributed by atoms with E-state index in [4.69, 9.17) is 5.73 Å². The Hall–Kier alpha value is -2.30. The van der Waals surface area contributed by atoms with Gasteiger partial charge >= 0.3 is 0 Å². The normalized spacial score (nSPS) is 10.9. The number of hydrogen-bond acceptors (Lipinski definition) is 3. The molecule has 5 nitrogen and oxygen atoms in total. The van der Waals surface area contributed by atoms with E-state index in [0.717, 1.165) is 17.7 Å². The summed E-state index contributed by atoms with van der Waals surface area (Å²) in [5.74, 6) is 0.251. The predicted octanol–water partition coefficient (Wildman–Crippen LogP) is 2.61. The topological polar surface area (TPSA) is 83.8 Å². The van der Waals surface area contributed by atoms with Gasteiger partial charge in [-0.2, -0.15) is 5.10 Å². The molecule has 1 amide bonds. The van der Waals surface area contributed by atoms with Crippen LogP contribution in [-0.4, -0.2) is 16.1 Å². The molecule has 112 valence electrons. The van der Waals surface area contributed by atoms with Crippen molar-refractivity contribution in [3.05, 3.63) is 46.8 Å². The van der Waals surface area contributed by atoms with Crippen molar-refractivity contribution in [3.63, 3.8) is 0 Å². The fraction of sp³-hybridized carbons (Fsp3) is 0.375. The lowest BCUT2D eigenvalue weighted by Crippen LogP contribution is -2.24. The molecule has 0 unspecified atom stereocenters. The number of nitrogens with zero attached hydrogens (tertiary/aromatic N) is 1. The maximum absolute atomic E-state index is 12.1. The summed E-state index contributed by atoms with van der Waals surface area (Å²) < 4.78 is 0. The summed E-state index contributed by atoms with van der Waals surface area (Å²) in [6.07, 6.45) is 0.725. The highest BCUT2D eigenvalue weighted by atomic mass is 16.1. The molecule has 0 aliphatic rings. The van der Waals surface area contributed by atoms with Crippen molar-refractivity contribution in [1.82, 2.24) is 15.5 Å². The Morgan fingerprint density at radius 2 is 2.00 bits per heavy atom. The number of carbonyl (C=O) groups excluding carboxylic acids is 1. The molecule has 0 atom stereocenters. The van der Waals surface area contributed by atoms with Gasteiger partial charge in [0, 0.05) is 6.54 Å². The number of hydrogen-bond donors (Lipinski definition) is 3. The molecule has 0 spiro atoms. The lowest BCUT2D eigenvalue weighted by atomic mass is 10.0. The van der Waals surface area contributed by atoms with Crippen molar-refractivity contribution in [1.29, 1.82) is 0 Å². The number of rotatable bonds is 5. The standard InChI is InChI=1S/C16H22N4O/c1-4-13-14(17)15(20-19-13)16(21)18-9-11-5-7-12(8-6-11)10(2)3/h5-8,10H,4,9,17H2,1-3H3,(H,18,21)(H,19,20). The minimum Gasteiger partial charge on any atom is -0.395 e. The van der Waals surface area contributed by atoms with Crippen LogP contribution in [0, 0.1) is 0 Å². The molecule has 1 heterocycles. The molecule has 0 radical (unpaired) electrons. The monoisotopic (exact) mass is 286 g/mol. The van der Waals surface area contributed by atoms with Gasteiger partial charge in [-0.05, 0) is 23.5 Å². The van der Waals surface area contributed by atoms with Crippen molar-refractivity contribution < 1.29 is 4.79 Å².